The number of rotatable bonds is 5. The normalized spacial score (nSPS) is 11.1. The Balaban J connectivity index is 1.87. The standard InChI is InChI=1S/C15H19N5/c1-3-8-20-14-7-5-4-6-13(14)18-15(20)16-9-12-10-17-19(2)11-12/h4-7,10-11H,3,8-9H2,1-2H3,(H,16,18). The van der Waals surface area contributed by atoms with Crippen molar-refractivity contribution in [2.24, 2.45) is 7.05 Å². The van der Waals surface area contributed by atoms with Crippen molar-refractivity contribution in [2.45, 2.75) is 26.4 Å². The van der Waals surface area contributed by atoms with Crippen molar-refractivity contribution in [3.8, 4) is 0 Å². The van der Waals surface area contributed by atoms with Crippen LogP contribution in [0.1, 0.15) is 18.9 Å². The minimum absolute atomic E-state index is 0.737. The number of anilines is 1. The number of aryl methyl sites for hydroxylation is 2. The summed E-state index contributed by atoms with van der Waals surface area (Å²) < 4.78 is 4.05. The van der Waals surface area contributed by atoms with Gasteiger partial charge in [0.2, 0.25) is 5.95 Å². The van der Waals surface area contributed by atoms with Crippen LogP contribution >= 0.6 is 0 Å². The van der Waals surface area contributed by atoms with Crippen molar-refractivity contribution in [1.29, 1.82) is 0 Å². The molecule has 0 saturated heterocycles. The van der Waals surface area contributed by atoms with Crippen LogP contribution in [0, 0.1) is 0 Å². The van der Waals surface area contributed by atoms with Gasteiger partial charge in [0.1, 0.15) is 0 Å². The zero-order chi connectivity index (χ0) is 13.9. The van der Waals surface area contributed by atoms with Gasteiger partial charge in [-0.2, -0.15) is 5.10 Å². The van der Waals surface area contributed by atoms with Crippen molar-refractivity contribution in [3.05, 3.63) is 42.2 Å². The number of hydrogen-bond acceptors (Lipinski definition) is 3. The van der Waals surface area contributed by atoms with Gasteiger partial charge in [-0.25, -0.2) is 4.98 Å². The van der Waals surface area contributed by atoms with E-state index in [1.165, 1.54) is 5.52 Å². The summed E-state index contributed by atoms with van der Waals surface area (Å²) in [6.07, 6.45) is 4.97. The van der Waals surface area contributed by atoms with Crippen LogP contribution in [0.3, 0.4) is 0 Å². The number of nitrogens with zero attached hydrogens (tertiary/aromatic N) is 4. The van der Waals surface area contributed by atoms with Gasteiger partial charge in [-0.1, -0.05) is 19.1 Å². The van der Waals surface area contributed by atoms with Gasteiger partial charge in [0.05, 0.1) is 17.2 Å². The summed E-state index contributed by atoms with van der Waals surface area (Å²) in [4.78, 5) is 4.68. The maximum atomic E-state index is 4.68. The third-order valence-electron chi connectivity index (χ3n) is 3.31. The number of benzene rings is 1. The molecule has 1 aromatic carbocycles. The lowest BCUT2D eigenvalue weighted by molar-refractivity contribution is 0.700. The smallest absolute Gasteiger partial charge is 0.204 e. The second kappa shape index (κ2) is 5.36. The molecule has 0 fully saturated rings. The van der Waals surface area contributed by atoms with Crippen LogP contribution < -0.4 is 5.32 Å². The highest BCUT2D eigenvalue weighted by Crippen LogP contribution is 2.20. The molecule has 0 atom stereocenters. The lowest BCUT2D eigenvalue weighted by Crippen LogP contribution is -2.07. The SMILES string of the molecule is CCCn1c(NCc2cnn(C)c2)nc2ccccc21. The van der Waals surface area contributed by atoms with E-state index in [0.717, 1.165) is 36.5 Å². The lowest BCUT2D eigenvalue weighted by atomic mass is 10.3. The topological polar surface area (TPSA) is 47.7 Å². The largest absolute Gasteiger partial charge is 0.351 e. The Morgan fingerprint density at radius 3 is 2.85 bits per heavy atom. The van der Waals surface area contributed by atoms with Crippen molar-refractivity contribution >= 4 is 17.0 Å². The molecule has 0 unspecified atom stereocenters. The number of fused-ring (bicyclic) bond motifs is 1. The summed E-state index contributed by atoms with van der Waals surface area (Å²) in [5, 5.41) is 7.60. The third kappa shape index (κ3) is 2.39. The number of imidazole rings is 1. The van der Waals surface area contributed by atoms with E-state index in [0.29, 0.717) is 0 Å². The van der Waals surface area contributed by atoms with E-state index in [9.17, 15) is 0 Å². The van der Waals surface area contributed by atoms with E-state index in [1.807, 2.05) is 30.2 Å². The maximum absolute atomic E-state index is 4.68. The molecule has 1 N–H and O–H groups in total. The van der Waals surface area contributed by atoms with Crippen LogP contribution in [0.4, 0.5) is 5.95 Å². The minimum Gasteiger partial charge on any atom is -0.351 e. The quantitative estimate of drug-likeness (QED) is 0.774. The molecule has 2 heterocycles. The van der Waals surface area contributed by atoms with Gasteiger partial charge in [0, 0.05) is 31.9 Å². The van der Waals surface area contributed by atoms with Gasteiger partial charge < -0.3 is 9.88 Å². The molecule has 104 valence electrons. The van der Waals surface area contributed by atoms with E-state index < -0.39 is 0 Å². The summed E-state index contributed by atoms with van der Waals surface area (Å²) in [5.41, 5.74) is 3.38. The van der Waals surface area contributed by atoms with Crippen molar-refractivity contribution in [2.75, 3.05) is 5.32 Å². The number of aromatic nitrogens is 4. The summed E-state index contributed by atoms with van der Waals surface area (Å²) in [6, 6.07) is 8.25. The molecule has 0 aliphatic carbocycles. The maximum Gasteiger partial charge on any atom is 0.204 e. The van der Waals surface area contributed by atoms with E-state index in [4.69, 9.17) is 0 Å². The van der Waals surface area contributed by atoms with E-state index in [2.05, 4.69) is 45.1 Å². The highest BCUT2D eigenvalue weighted by atomic mass is 15.2. The highest BCUT2D eigenvalue weighted by molar-refractivity contribution is 5.78. The predicted octanol–water partition coefficient (Wildman–Crippen LogP) is 2.79. The zero-order valence-corrected chi connectivity index (χ0v) is 11.9. The first kappa shape index (κ1) is 12.7. The Bertz CT molecular complexity index is 710. The molecule has 0 saturated carbocycles. The van der Waals surface area contributed by atoms with Crippen LogP contribution in [-0.2, 0) is 20.1 Å². The molecule has 2 aromatic heterocycles. The van der Waals surface area contributed by atoms with Gasteiger partial charge in [-0.3, -0.25) is 4.68 Å². The second-order valence-electron chi connectivity index (χ2n) is 4.95. The van der Waals surface area contributed by atoms with Crippen LogP contribution in [-0.4, -0.2) is 19.3 Å². The molecule has 0 spiro atoms. The Morgan fingerprint density at radius 2 is 2.10 bits per heavy atom. The molecule has 0 radical (unpaired) electrons. The highest BCUT2D eigenvalue weighted by Gasteiger charge is 2.09. The predicted molar refractivity (Wildman–Crippen MR) is 80.6 cm³/mol. The van der Waals surface area contributed by atoms with Gasteiger partial charge in [-0.05, 0) is 18.6 Å². The van der Waals surface area contributed by atoms with Crippen molar-refractivity contribution in [1.82, 2.24) is 19.3 Å². The van der Waals surface area contributed by atoms with Gasteiger partial charge in [0.25, 0.3) is 0 Å². The van der Waals surface area contributed by atoms with Gasteiger partial charge in [0.15, 0.2) is 0 Å². The Kier molecular flexibility index (Phi) is 3.41. The van der Waals surface area contributed by atoms with Crippen LogP contribution in [0.5, 0.6) is 0 Å². The monoisotopic (exact) mass is 269 g/mol. The fourth-order valence-corrected chi connectivity index (χ4v) is 2.40. The first-order valence-corrected chi connectivity index (χ1v) is 6.94. The van der Waals surface area contributed by atoms with Gasteiger partial charge in [-0.15, -0.1) is 0 Å². The molecule has 0 amide bonds. The Labute approximate surface area is 118 Å². The van der Waals surface area contributed by atoms with Crippen LogP contribution in [0.2, 0.25) is 0 Å². The average molecular weight is 269 g/mol. The summed E-state index contributed by atoms with van der Waals surface area (Å²) in [5.74, 6) is 0.928. The molecule has 3 aromatic rings. The molecular weight excluding hydrogens is 250 g/mol. The van der Waals surface area contributed by atoms with Crippen molar-refractivity contribution in [3.63, 3.8) is 0 Å². The second-order valence-corrected chi connectivity index (χ2v) is 4.95. The number of hydrogen-bond donors (Lipinski definition) is 1. The lowest BCUT2D eigenvalue weighted by Gasteiger charge is -2.08. The fourth-order valence-electron chi connectivity index (χ4n) is 2.40. The summed E-state index contributed by atoms with van der Waals surface area (Å²) in [6.45, 7) is 3.89. The van der Waals surface area contributed by atoms with Gasteiger partial charge >= 0.3 is 0 Å². The van der Waals surface area contributed by atoms with E-state index in [1.54, 1.807) is 0 Å². The number of nitrogens with one attached hydrogen (secondary N) is 1. The summed E-state index contributed by atoms with van der Waals surface area (Å²) in [7, 11) is 1.93. The van der Waals surface area contributed by atoms with E-state index in [-0.39, 0.29) is 0 Å². The Hall–Kier alpha value is -2.30. The molecule has 3 rings (SSSR count). The zero-order valence-electron chi connectivity index (χ0n) is 11.9. The van der Waals surface area contributed by atoms with Crippen LogP contribution in [0.25, 0.3) is 11.0 Å². The molecule has 0 aliphatic heterocycles. The average Bonchev–Trinajstić information content (AvgIpc) is 3.02. The first-order chi connectivity index (χ1) is 9.78. The third-order valence-corrected chi connectivity index (χ3v) is 3.31. The summed E-state index contributed by atoms with van der Waals surface area (Å²) >= 11 is 0. The number of para-hydroxylation sites is 2. The molecule has 0 bridgehead atoms. The fraction of sp³-hybridized carbons (Fsp3) is 0.333. The minimum atomic E-state index is 0.737. The first-order valence-electron chi connectivity index (χ1n) is 6.94. The Morgan fingerprint density at radius 1 is 1.25 bits per heavy atom. The molecule has 5 heteroatoms. The van der Waals surface area contributed by atoms with E-state index >= 15 is 0 Å². The molecular formula is C15H19N5. The molecule has 5 nitrogen and oxygen atoms in total. The molecule has 20 heavy (non-hydrogen) atoms. The molecule has 0 aliphatic rings. The van der Waals surface area contributed by atoms with Crippen LogP contribution in [0.15, 0.2) is 36.7 Å². The van der Waals surface area contributed by atoms with Crippen molar-refractivity contribution < 1.29 is 0 Å².